The molecule has 4 heteroatoms. The number of nitrogens with zero attached hydrogens (tertiary/aromatic N) is 1. The molecule has 0 saturated carbocycles. The van der Waals surface area contributed by atoms with Gasteiger partial charge in [-0.15, -0.1) is 0 Å². The number of rotatable bonds is 42. The number of unbranched alkanes of at least 4 members (excludes halogenated alkanes) is 32. The van der Waals surface area contributed by atoms with E-state index in [0.29, 0.717) is 0 Å². The summed E-state index contributed by atoms with van der Waals surface area (Å²) in [5.41, 5.74) is 5.68. The van der Waals surface area contributed by atoms with Gasteiger partial charge in [-0.2, -0.15) is 0 Å². The lowest BCUT2D eigenvalue weighted by Gasteiger charge is -2.29. The van der Waals surface area contributed by atoms with Gasteiger partial charge in [0.1, 0.15) is 0 Å². The Morgan fingerprint density at radius 1 is 0.451 bits per heavy atom. The van der Waals surface area contributed by atoms with Gasteiger partial charge in [-0.05, 0) is 52.2 Å². The third kappa shape index (κ3) is 31.9. The van der Waals surface area contributed by atoms with Crippen molar-refractivity contribution in [3.63, 3.8) is 0 Å². The molecular formula is C47H96N2O2. The first-order chi connectivity index (χ1) is 25.2. The summed E-state index contributed by atoms with van der Waals surface area (Å²) in [6, 6.07) is 0. The van der Waals surface area contributed by atoms with E-state index in [9.17, 15) is 0 Å². The van der Waals surface area contributed by atoms with E-state index in [-0.39, 0.29) is 11.9 Å². The fourth-order valence-corrected chi connectivity index (χ4v) is 8.21. The molecule has 0 bridgehead atoms. The Balaban J connectivity index is 2.20. The highest BCUT2D eigenvalue weighted by molar-refractivity contribution is 4.80. The van der Waals surface area contributed by atoms with Gasteiger partial charge in [-0.1, -0.05) is 213 Å². The monoisotopic (exact) mass is 721 g/mol. The summed E-state index contributed by atoms with van der Waals surface area (Å²) in [6.45, 7) is 8.49. The van der Waals surface area contributed by atoms with E-state index in [0.717, 1.165) is 51.9 Å². The van der Waals surface area contributed by atoms with Gasteiger partial charge in [0.2, 0.25) is 0 Å². The molecule has 51 heavy (non-hydrogen) atoms. The Morgan fingerprint density at radius 3 is 1.14 bits per heavy atom. The maximum atomic E-state index is 6.83. The van der Waals surface area contributed by atoms with Crippen molar-refractivity contribution in [2.24, 2.45) is 5.73 Å². The molecule has 0 radical (unpaired) electrons. The normalized spacial score (nSPS) is 15.8. The van der Waals surface area contributed by atoms with Gasteiger partial charge < -0.3 is 20.1 Å². The van der Waals surface area contributed by atoms with E-state index in [1.54, 1.807) is 0 Å². The van der Waals surface area contributed by atoms with E-state index in [4.69, 9.17) is 15.2 Å². The lowest BCUT2D eigenvalue weighted by Crippen LogP contribution is -2.32. The molecule has 4 nitrogen and oxygen atoms in total. The Hall–Kier alpha value is -0.160. The number of hydrogen-bond acceptors (Lipinski definition) is 4. The minimum Gasteiger partial charge on any atom is -0.347 e. The van der Waals surface area contributed by atoms with Crippen LogP contribution in [0.25, 0.3) is 0 Å². The largest absolute Gasteiger partial charge is 0.347 e. The molecule has 0 spiro atoms. The van der Waals surface area contributed by atoms with Crippen molar-refractivity contribution in [3.05, 3.63) is 0 Å². The molecule has 0 aliphatic carbocycles. The molecule has 0 amide bonds. The van der Waals surface area contributed by atoms with Gasteiger partial charge in [0.15, 0.2) is 5.79 Å². The number of hydrogen-bond donors (Lipinski definition) is 1. The number of nitrogens with two attached hydrogens (primary N) is 1. The molecule has 1 saturated heterocycles. The summed E-state index contributed by atoms with van der Waals surface area (Å²) in [5.74, 6) is -0.309. The van der Waals surface area contributed by atoms with Gasteiger partial charge in [0, 0.05) is 19.4 Å². The van der Waals surface area contributed by atoms with Crippen molar-refractivity contribution < 1.29 is 9.47 Å². The van der Waals surface area contributed by atoms with Crippen LogP contribution in [0.5, 0.6) is 0 Å². The predicted molar refractivity (Wildman–Crippen MR) is 227 cm³/mol. The molecule has 0 aromatic carbocycles. The van der Waals surface area contributed by atoms with Crippen molar-refractivity contribution in [1.29, 1.82) is 0 Å². The fourth-order valence-electron chi connectivity index (χ4n) is 8.21. The molecule has 1 atom stereocenters. The van der Waals surface area contributed by atoms with Crippen molar-refractivity contribution >= 4 is 0 Å². The van der Waals surface area contributed by atoms with Gasteiger partial charge in [0.25, 0.3) is 0 Å². The molecular weight excluding hydrogens is 625 g/mol. The van der Waals surface area contributed by atoms with E-state index in [2.05, 4.69) is 25.8 Å². The minimum atomic E-state index is -0.309. The third-order valence-electron chi connectivity index (χ3n) is 11.8. The number of ether oxygens (including phenoxy) is 2. The first-order valence-electron chi connectivity index (χ1n) is 23.9. The lowest BCUT2D eigenvalue weighted by molar-refractivity contribution is -0.180. The molecule has 1 rings (SSSR count). The molecule has 0 aromatic heterocycles. The van der Waals surface area contributed by atoms with Crippen molar-refractivity contribution in [2.75, 3.05) is 33.3 Å². The summed E-state index contributed by atoms with van der Waals surface area (Å²) in [6.07, 6.45) is 52.6. The zero-order chi connectivity index (χ0) is 36.8. The molecule has 1 heterocycles. The highest BCUT2D eigenvalue weighted by Gasteiger charge is 2.40. The zero-order valence-electron chi connectivity index (χ0n) is 35.6. The van der Waals surface area contributed by atoms with Crippen molar-refractivity contribution in [1.82, 2.24) is 4.90 Å². The van der Waals surface area contributed by atoms with Crippen molar-refractivity contribution in [2.45, 2.75) is 270 Å². The van der Waals surface area contributed by atoms with Crippen LogP contribution in [0.3, 0.4) is 0 Å². The first kappa shape index (κ1) is 48.9. The summed E-state index contributed by atoms with van der Waals surface area (Å²) in [7, 11) is 2.26. The lowest BCUT2D eigenvalue weighted by atomic mass is 9.98. The molecule has 306 valence electrons. The topological polar surface area (TPSA) is 47.7 Å². The van der Waals surface area contributed by atoms with Crippen LogP contribution in [0.2, 0.25) is 0 Å². The van der Waals surface area contributed by atoms with E-state index in [1.807, 2.05) is 0 Å². The first-order valence-corrected chi connectivity index (χ1v) is 23.9. The minimum absolute atomic E-state index is 0.263. The SMILES string of the molecule is CCCCCCCCCCCCCCCCCCC1(CCCCCCCCCCCCCCCCCC)OCC(CCN(C)CCCCCN)O1. The fraction of sp³-hybridized carbons (Fsp3) is 1.00. The van der Waals surface area contributed by atoms with Crippen LogP contribution in [0, 0.1) is 0 Å². The van der Waals surface area contributed by atoms with Crippen LogP contribution in [0.1, 0.15) is 258 Å². The van der Waals surface area contributed by atoms with Crippen molar-refractivity contribution in [3.8, 4) is 0 Å². The van der Waals surface area contributed by atoms with Crippen LogP contribution in [0.4, 0.5) is 0 Å². The Labute approximate surface area is 322 Å². The van der Waals surface area contributed by atoms with E-state index < -0.39 is 0 Å². The molecule has 1 unspecified atom stereocenters. The van der Waals surface area contributed by atoms with Crippen LogP contribution in [-0.2, 0) is 9.47 Å². The Morgan fingerprint density at radius 2 is 0.784 bits per heavy atom. The average Bonchev–Trinajstić information content (AvgIpc) is 3.55. The van der Waals surface area contributed by atoms with Crippen LogP contribution < -0.4 is 5.73 Å². The predicted octanol–water partition coefficient (Wildman–Crippen LogP) is 14.9. The molecule has 1 fully saturated rings. The molecule has 2 N–H and O–H groups in total. The van der Waals surface area contributed by atoms with Gasteiger partial charge in [0.05, 0.1) is 12.7 Å². The highest BCUT2D eigenvalue weighted by Crippen LogP contribution is 2.35. The second-order valence-corrected chi connectivity index (χ2v) is 17.0. The van der Waals surface area contributed by atoms with Crippen LogP contribution >= 0.6 is 0 Å². The summed E-state index contributed by atoms with van der Waals surface area (Å²) < 4.78 is 13.4. The quantitative estimate of drug-likeness (QED) is 0.0638. The Kier molecular flexibility index (Phi) is 36.5. The second kappa shape index (κ2) is 38.1. The molecule has 0 aromatic rings. The summed E-state index contributed by atoms with van der Waals surface area (Å²) in [5, 5.41) is 0. The summed E-state index contributed by atoms with van der Waals surface area (Å²) >= 11 is 0. The third-order valence-corrected chi connectivity index (χ3v) is 11.8. The maximum Gasteiger partial charge on any atom is 0.168 e. The zero-order valence-corrected chi connectivity index (χ0v) is 35.6. The van der Waals surface area contributed by atoms with E-state index in [1.165, 1.54) is 218 Å². The van der Waals surface area contributed by atoms with Gasteiger partial charge >= 0.3 is 0 Å². The van der Waals surface area contributed by atoms with Gasteiger partial charge in [-0.25, -0.2) is 0 Å². The van der Waals surface area contributed by atoms with E-state index >= 15 is 0 Å². The Bertz CT molecular complexity index is 637. The average molecular weight is 721 g/mol. The van der Waals surface area contributed by atoms with Crippen LogP contribution in [0.15, 0.2) is 0 Å². The smallest absolute Gasteiger partial charge is 0.168 e. The van der Waals surface area contributed by atoms with Gasteiger partial charge in [-0.3, -0.25) is 0 Å². The second-order valence-electron chi connectivity index (χ2n) is 17.0. The standard InChI is InChI=1S/C47H96N2O2/c1-4-6-8-10-12-14-16-18-20-22-24-26-28-30-32-35-40-47(50-45-46(51-47)39-44-49(3)43-38-34-37-42-48)41-36-33-31-29-27-25-23-21-19-17-15-13-11-9-7-5-2/h46H,4-45,48H2,1-3H3. The highest BCUT2D eigenvalue weighted by atomic mass is 16.7. The molecule has 1 aliphatic rings. The summed E-state index contributed by atoms with van der Waals surface area (Å²) in [4.78, 5) is 2.48. The molecule has 1 aliphatic heterocycles. The maximum absolute atomic E-state index is 6.83. The van der Waals surface area contributed by atoms with Crippen LogP contribution in [-0.4, -0.2) is 50.1 Å².